The minimum absolute atomic E-state index is 0.0452. The van der Waals surface area contributed by atoms with Gasteiger partial charge in [-0.25, -0.2) is 0 Å². The van der Waals surface area contributed by atoms with E-state index in [0.29, 0.717) is 19.6 Å². The van der Waals surface area contributed by atoms with Crippen LogP contribution in [0.25, 0.3) is 0 Å². The normalized spacial score (nSPS) is 18.6. The lowest BCUT2D eigenvalue weighted by atomic mass is 10.2. The zero-order valence-corrected chi connectivity index (χ0v) is 13.5. The van der Waals surface area contributed by atoms with E-state index in [1.54, 1.807) is 0 Å². The van der Waals surface area contributed by atoms with Crippen LogP contribution in [0.3, 0.4) is 0 Å². The summed E-state index contributed by atoms with van der Waals surface area (Å²) in [6.45, 7) is 4.95. The SMILES string of the molecule is C=CC(=O)/C(=C/C(=O)N1CCCOCC1N)OCc1ccccc1. The van der Waals surface area contributed by atoms with Gasteiger partial charge in [0.1, 0.15) is 12.8 Å². The molecule has 1 unspecified atom stereocenters. The van der Waals surface area contributed by atoms with Crippen LogP contribution in [-0.4, -0.2) is 42.5 Å². The van der Waals surface area contributed by atoms with Crippen molar-refractivity contribution < 1.29 is 19.1 Å². The second-order valence-corrected chi connectivity index (χ2v) is 5.38. The maximum atomic E-state index is 12.5. The minimum atomic E-state index is -0.537. The van der Waals surface area contributed by atoms with Crippen LogP contribution in [0.2, 0.25) is 0 Å². The predicted octanol–water partition coefficient (Wildman–Crippen LogP) is 1.38. The molecule has 1 amide bonds. The lowest BCUT2D eigenvalue weighted by Gasteiger charge is -2.25. The number of nitrogens with zero attached hydrogens (tertiary/aromatic N) is 1. The Balaban J connectivity index is 2.10. The van der Waals surface area contributed by atoms with Crippen molar-refractivity contribution >= 4 is 11.7 Å². The second kappa shape index (κ2) is 9.00. The summed E-state index contributed by atoms with van der Waals surface area (Å²) in [6.07, 6.45) is 2.46. The van der Waals surface area contributed by atoms with Gasteiger partial charge in [-0.3, -0.25) is 9.59 Å². The fraction of sp³-hybridized carbons (Fsp3) is 0.333. The maximum absolute atomic E-state index is 12.5. The van der Waals surface area contributed by atoms with E-state index in [-0.39, 0.29) is 24.9 Å². The number of ketones is 1. The highest BCUT2D eigenvalue weighted by molar-refractivity contribution is 6.06. The summed E-state index contributed by atoms with van der Waals surface area (Å²) in [5.74, 6) is -0.860. The molecule has 1 aliphatic rings. The van der Waals surface area contributed by atoms with Crippen LogP contribution < -0.4 is 5.73 Å². The number of benzene rings is 1. The lowest BCUT2D eigenvalue weighted by Crippen LogP contribution is -2.47. The molecule has 1 fully saturated rings. The molecule has 0 radical (unpaired) electrons. The van der Waals surface area contributed by atoms with E-state index in [1.165, 1.54) is 11.0 Å². The van der Waals surface area contributed by atoms with Gasteiger partial charge in [0.15, 0.2) is 5.76 Å². The van der Waals surface area contributed by atoms with Crippen molar-refractivity contribution in [1.29, 1.82) is 0 Å². The van der Waals surface area contributed by atoms with Crippen LogP contribution in [-0.2, 0) is 25.7 Å². The molecule has 0 saturated carbocycles. The number of nitrogens with two attached hydrogens (primary N) is 1. The third-order valence-electron chi connectivity index (χ3n) is 3.58. The standard InChI is InChI=1S/C18H22N2O4/c1-2-15(21)16(24-12-14-7-4-3-5-8-14)11-18(22)20-9-6-10-23-13-17(20)19/h2-5,7-8,11,17H,1,6,9-10,12-13,19H2/b16-11-. The molecule has 1 aromatic rings. The van der Waals surface area contributed by atoms with E-state index < -0.39 is 11.9 Å². The van der Waals surface area contributed by atoms with Crippen LogP contribution in [0.5, 0.6) is 0 Å². The molecule has 6 heteroatoms. The molecule has 2 rings (SSSR count). The molecule has 2 N–H and O–H groups in total. The molecule has 128 valence electrons. The van der Waals surface area contributed by atoms with Crippen LogP contribution in [0.4, 0.5) is 0 Å². The maximum Gasteiger partial charge on any atom is 0.251 e. The number of carbonyl (C=O) groups excluding carboxylic acids is 2. The van der Waals surface area contributed by atoms with Crippen LogP contribution in [0, 0.1) is 0 Å². The summed E-state index contributed by atoms with van der Waals surface area (Å²) < 4.78 is 10.8. The van der Waals surface area contributed by atoms with E-state index in [0.717, 1.165) is 11.6 Å². The van der Waals surface area contributed by atoms with Crippen molar-refractivity contribution in [3.05, 3.63) is 60.4 Å². The molecule has 0 aromatic heterocycles. The van der Waals surface area contributed by atoms with Crippen molar-refractivity contribution in [1.82, 2.24) is 4.90 Å². The Hall–Kier alpha value is -2.44. The Bertz CT molecular complexity index is 613. The number of allylic oxidation sites excluding steroid dienone is 1. The van der Waals surface area contributed by atoms with Gasteiger partial charge in [0.25, 0.3) is 5.91 Å². The van der Waals surface area contributed by atoms with Crippen LogP contribution >= 0.6 is 0 Å². The van der Waals surface area contributed by atoms with Crippen LogP contribution in [0.1, 0.15) is 12.0 Å². The fourth-order valence-corrected chi connectivity index (χ4v) is 2.29. The van der Waals surface area contributed by atoms with Gasteiger partial charge in [-0.15, -0.1) is 0 Å². The van der Waals surface area contributed by atoms with E-state index in [1.807, 2.05) is 30.3 Å². The van der Waals surface area contributed by atoms with Crippen molar-refractivity contribution in [3.8, 4) is 0 Å². The van der Waals surface area contributed by atoms with Gasteiger partial charge in [0.2, 0.25) is 5.78 Å². The van der Waals surface area contributed by atoms with Gasteiger partial charge in [0, 0.05) is 19.2 Å². The van der Waals surface area contributed by atoms with Gasteiger partial charge in [0.05, 0.1) is 6.61 Å². The third kappa shape index (κ3) is 5.04. The van der Waals surface area contributed by atoms with Gasteiger partial charge in [-0.1, -0.05) is 36.9 Å². The Morgan fingerprint density at radius 3 is 2.83 bits per heavy atom. The first-order valence-corrected chi connectivity index (χ1v) is 7.81. The largest absolute Gasteiger partial charge is 0.485 e. The third-order valence-corrected chi connectivity index (χ3v) is 3.58. The zero-order valence-electron chi connectivity index (χ0n) is 13.5. The van der Waals surface area contributed by atoms with Gasteiger partial charge < -0.3 is 20.1 Å². The highest BCUT2D eigenvalue weighted by Crippen LogP contribution is 2.10. The van der Waals surface area contributed by atoms with E-state index in [2.05, 4.69) is 6.58 Å². The zero-order chi connectivity index (χ0) is 17.4. The Morgan fingerprint density at radius 2 is 2.12 bits per heavy atom. The average molecular weight is 330 g/mol. The summed E-state index contributed by atoms with van der Waals surface area (Å²) in [5.41, 5.74) is 6.83. The fourth-order valence-electron chi connectivity index (χ4n) is 2.29. The molecule has 24 heavy (non-hydrogen) atoms. The highest BCUT2D eigenvalue weighted by Gasteiger charge is 2.23. The molecule has 6 nitrogen and oxygen atoms in total. The summed E-state index contributed by atoms with van der Waals surface area (Å²) in [6, 6.07) is 9.39. The topological polar surface area (TPSA) is 81.9 Å². The number of amides is 1. The van der Waals surface area contributed by atoms with Crippen molar-refractivity contribution in [2.24, 2.45) is 5.73 Å². The van der Waals surface area contributed by atoms with Crippen molar-refractivity contribution in [2.75, 3.05) is 19.8 Å². The van der Waals surface area contributed by atoms with Crippen LogP contribution in [0.15, 0.2) is 54.8 Å². The first-order valence-electron chi connectivity index (χ1n) is 7.81. The number of hydrogen-bond donors (Lipinski definition) is 1. The second-order valence-electron chi connectivity index (χ2n) is 5.38. The quantitative estimate of drug-likeness (QED) is 0.629. The van der Waals surface area contributed by atoms with Crippen molar-refractivity contribution in [3.63, 3.8) is 0 Å². The van der Waals surface area contributed by atoms with E-state index in [9.17, 15) is 9.59 Å². The molecule has 1 heterocycles. The monoisotopic (exact) mass is 330 g/mol. The number of carbonyl (C=O) groups is 2. The smallest absolute Gasteiger partial charge is 0.251 e. The van der Waals surface area contributed by atoms with Crippen molar-refractivity contribution in [2.45, 2.75) is 19.2 Å². The molecule has 0 aliphatic carbocycles. The molecule has 1 aliphatic heterocycles. The number of rotatable bonds is 6. The van der Waals surface area contributed by atoms with Gasteiger partial charge in [-0.2, -0.15) is 0 Å². The molecule has 0 spiro atoms. The lowest BCUT2D eigenvalue weighted by molar-refractivity contribution is -0.129. The highest BCUT2D eigenvalue weighted by atomic mass is 16.5. The summed E-state index contributed by atoms with van der Waals surface area (Å²) in [4.78, 5) is 25.9. The first-order chi connectivity index (χ1) is 11.6. The Kier molecular flexibility index (Phi) is 6.72. The molecule has 1 saturated heterocycles. The minimum Gasteiger partial charge on any atom is -0.485 e. The molecule has 0 bridgehead atoms. The first kappa shape index (κ1) is 17.9. The summed E-state index contributed by atoms with van der Waals surface area (Å²) >= 11 is 0. The molecule has 1 aromatic carbocycles. The predicted molar refractivity (Wildman–Crippen MR) is 89.6 cm³/mol. The summed E-state index contributed by atoms with van der Waals surface area (Å²) in [7, 11) is 0. The van der Waals surface area contributed by atoms with Gasteiger partial charge >= 0.3 is 0 Å². The molecular weight excluding hydrogens is 308 g/mol. The summed E-state index contributed by atoms with van der Waals surface area (Å²) in [5, 5.41) is 0. The van der Waals surface area contributed by atoms with E-state index >= 15 is 0 Å². The number of ether oxygens (including phenoxy) is 2. The average Bonchev–Trinajstić information content (AvgIpc) is 2.83. The van der Waals surface area contributed by atoms with Gasteiger partial charge in [-0.05, 0) is 18.1 Å². The molecule has 1 atom stereocenters. The number of hydrogen-bond acceptors (Lipinski definition) is 5. The Morgan fingerprint density at radius 1 is 1.38 bits per heavy atom. The Labute approximate surface area is 141 Å². The molecular formula is C18H22N2O4. The van der Waals surface area contributed by atoms with E-state index in [4.69, 9.17) is 15.2 Å².